The third-order valence-electron chi connectivity index (χ3n) is 3.60. The Bertz CT molecular complexity index is 739. The summed E-state index contributed by atoms with van der Waals surface area (Å²) < 4.78 is 27.9. The van der Waals surface area contributed by atoms with Crippen LogP contribution in [-0.4, -0.2) is 28.6 Å². The molecule has 4 nitrogen and oxygen atoms in total. The van der Waals surface area contributed by atoms with Crippen molar-refractivity contribution in [1.29, 1.82) is 0 Å². The molecule has 0 aliphatic heterocycles. The molecule has 0 amide bonds. The van der Waals surface area contributed by atoms with Crippen LogP contribution in [0.15, 0.2) is 41.3 Å². The molecule has 0 fully saturated rings. The maximum Gasteiger partial charge on any atom is 0.241 e. The van der Waals surface area contributed by atoms with E-state index in [9.17, 15) is 8.42 Å². The lowest BCUT2D eigenvalue weighted by Gasteiger charge is -2.18. The van der Waals surface area contributed by atoms with Gasteiger partial charge in [0.25, 0.3) is 0 Å². The third kappa shape index (κ3) is 3.19. The molecule has 0 aliphatic rings. The Kier molecular flexibility index (Phi) is 4.54. The summed E-state index contributed by atoms with van der Waals surface area (Å²) in [6.07, 6.45) is 0.757. The number of sulfonamides is 1. The van der Waals surface area contributed by atoms with Crippen molar-refractivity contribution in [1.82, 2.24) is 4.72 Å². The zero-order valence-electron chi connectivity index (χ0n) is 12.9. The Hall–Kier alpha value is -1.59. The maximum atomic E-state index is 12.6. The Labute approximate surface area is 126 Å². The lowest BCUT2D eigenvalue weighted by Crippen LogP contribution is -2.32. The predicted octanol–water partition coefficient (Wildman–Crippen LogP) is 2.98. The average molecular weight is 306 g/mol. The molecule has 0 aliphatic carbocycles. The number of nitrogens with one attached hydrogen (secondary N) is 1. The van der Waals surface area contributed by atoms with E-state index in [2.05, 4.69) is 4.72 Å². The second-order valence-corrected chi connectivity index (χ2v) is 7.14. The molecule has 2 aromatic rings. The van der Waals surface area contributed by atoms with Crippen molar-refractivity contribution in [2.75, 3.05) is 19.0 Å². The van der Waals surface area contributed by atoms with Crippen LogP contribution in [0.25, 0.3) is 10.8 Å². The van der Waals surface area contributed by atoms with Gasteiger partial charge in [-0.3, -0.25) is 0 Å². The smallest absolute Gasteiger partial charge is 0.241 e. The molecule has 0 bridgehead atoms. The summed E-state index contributed by atoms with van der Waals surface area (Å²) in [5.41, 5.74) is 1.01. The minimum atomic E-state index is -3.51. The van der Waals surface area contributed by atoms with E-state index < -0.39 is 10.0 Å². The number of benzene rings is 2. The largest absolute Gasteiger partial charge is 0.377 e. The van der Waals surface area contributed by atoms with Crippen molar-refractivity contribution in [2.24, 2.45) is 0 Å². The molecule has 0 saturated heterocycles. The van der Waals surface area contributed by atoms with Crippen molar-refractivity contribution in [3.8, 4) is 0 Å². The second-order valence-electron chi connectivity index (χ2n) is 5.45. The van der Waals surface area contributed by atoms with Crippen molar-refractivity contribution in [2.45, 2.75) is 31.2 Å². The van der Waals surface area contributed by atoms with Crippen LogP contribution in [0.1, 0.15) is 20.3 Å². The van der Waals surface area contributed by atoms with Gasteiger partial charge in [-0.1, -0.05) is 31.2 Å². The number of hydrogen-bond acceptors (Lipinski definition) is 3. The van der Waals surface area contributed by atoms with Crippen LogP contribution >= 0.6 is 0 Å². The fraction of sp³-hybridized carbons (Fsp3) is 0.375. The summed E-state index contributed by atoms with van der Waals surface area (Å²) in [5.74, 6) is 0. The fourth-order valence-corrected chi connectivity index (χ4v) is 3.85. The van der Waals surface area contributed by atoms with Gasteiger partial charge in [-0.15, -0.1) is 0 Å². The zero-order valence-corrected chi connectivity index (χ0v) is 13.7. The van der Waals surface area contributed by atoms with E-state index in [1.54, 1.807) is 12.1 Å². The molecule has 0 saturated carbocycles. The van der Waals surface area contributed by atoms with Gasteiger partial charge in [0.15, 0.2) is 0 Å². The van der Waals surface area contributed by atoms with E-state index in [-0.39, 0.29) is 6.04 Å². The highest BCUT2D eigenvalue weighted by atomic mass is 32.2. The van der Waals surface area contributed by atoms with E-state index >= 15 is 0 Å². The van der Waals surface area contributed by atoms with E-state index in [1.807, 2.05) is 57.1 Å². The molecule has 5 heteroatoms. The van der Waals surface area contributed by atoms with Crippen LogP contribution in [0.5, 0.6) is 0 Å². The molecule has 21 heavy (non-hydrogen) atoms. The van der Waals surface area contributed by atoms with Crippen molar-refractivity contribution in [3.63, 3.8) is 0 Å². The molecule has 0 aromatic heterocycles. The number of hydrogen-bond donors (Lipinski definition) is 1. The average Bonchev–Trinajstić information content (AvgIpc) is 2.45. The standard InChI is InChI=1S/C16H22N2O2S/c1-5-12(2)17-21(19,20)16-11-7-8-13-14(16)9-6-10-15(13)18(3)4/h6-12,17H,5H2,1-4H3. The molecular weight excluding hydrogens is 284 g/mol. The van der Waals surface area contributed by atoms with Crippen LogP contribution in [0.3, 0.4) is 0 Å². The Morgan fingerprint density at radius 2 is 1.71 bits per heavy atom. The van der Waals surface area contributed by atoms with Gasteiger partial charge < -0.3 is 4.90 Å². The van der Waals surface area contributed by atoms with E-state index in [1.165, 1.54) is 0 Å². The van der Waals surface area contributed by atoms with Crippen LogP contribution < -0.4 is 9.62 Å². The monoisotopic (exact) mass is 306 g/mol. The van der Waals surface area contributed by atoms with Gasteiger partial charge in [0.05, 0.1) is 4.90 Å². The summed E-state index contributed by atoms with van der Waals surface area (Å²) in [7, 11) is 0.394. The number of nitrogens with zero attached hydrogens (tertiary/aromatic N) is 1. The van der Waals surface area contributed by atoms with E-state index in [0.29, 0.717) is 4.90 Å². The summed E-state index contributed by atoms with van der Waals surface area (Å²) in [5, 5.41) is 1.69. The lowest BCUT2D eigenvalue weighted by atomic mass is 10.1. The highest BCUT2D eigenvalue weighted by Crippen LogP contribution is 2.30. The molecule has 2 rings (SSSR count). The number of fused-ring (bicyclic) bond motifs is 1. The molecule has 114 valence electrons. The minimum absolute atomic E-state index is 0.0812. The Balaban J connectivity index is 2.63. The topological polar surface area (TPSA) is 49.4 Å². The van der Waals surface area contributed by atoms with Gasteiger partial charge >= 0.3 is 0 Å². The number of anilines is 1. The van der Waals surface area contributed by atoms with Gasteiger partial charge in [0, 0.05) is 36.6 Å². The summed E-state index contributed by atoms with van der Waals surface area (Å²) in [6.45, 7) is 3.83. The normalized spacial score (nSPS) is 13.3. The van der Waals surface area contributed by atoms with Gasteiger partial charge in [-0.05, 0) is 25.5 Å². The van der Waals surface area contributed by atoms with Crippen molar-refractivity contribution >= 4 is 26.5 Å². The van der Waals surface area contributed by atoms with Crippen LogP contribution in [0, 0.1) is 0 Å². The van der Waals surface area contributed by atoms with Gasteiger partial charge in [0.2, 0.25) is 10.0 Å². The number of rotatable bonds is 5. The van der Waals surface area contributed by atoms with Crippen molar-refractivity contribution < 1.29 is 8.42 Å². The summed E-state index contributed by atoms with van der Waals surface area (Å²) in [4.78, 5) is 2.32. The summed E-state index contributed by atoms with van der Waals surface area (Å²) >= 11 is 0. The van der Waals surface area contributed by atoms with Gasteiger partial charge in [-0.2, -0.15) is 0 Å². The van der Waals surface area contributed by atoms with Crippen LogP contribution in [0.4, 0.5) is 5.69 Å². The minimum Gasteiger partial charge on any atom is -0.377 e. The maximum absolute atomic E-state index is 12.6. The molecular formula is C16H22N2O2S. The van der Waals surface area contributed by atoms with Crippen LogP contribution in [0.2, 0.25) is 0 Å². The first-order valence-electron chi connectivity index (χ1n) is 7.08. The van der Waals surface area contributed by atoms with E-state index in [0.717, 1.165) is 22.9 Å². The SMILES string of the molecule is CCC(C)NS(=O)(=O)c1cccc2c(N(C)C)cccc12. The van der Waals surface area contributed by atoms with Gasteiger partial charge in [0.1, 0.15) is 0 Å². The molecule has 1 N–H and O–H groups in total. The third-order valence-corrected chi connectivity index (χ3v) is 5.25. The fourth-order valence-electron chi connectivity index (χ4n) is 2.30. The van der Waals surface area contributed by atoms with Crippen LogP contribution in [-0.2, 0) is 10.0 Å². The molecule has 2 aromatic carbocycles. The first kappa shape index (κ1) is 15.8. The molecule has 0 radical (unpaired) electrons. The first-order valence-corrected chi connectivity index (χ1v) is 8.56. The van der Waals surface area contributed by atoms with E-state index in [4.69, 9.17) is 0 Å². The second kappa shape index (κ2) is 6.03. The lowest BCUT2D eigenvalue weighted by molar-refractivity contribution is 0.556. The Morgan fingerprint density at radius 1 is 1.10 bits per heavy atom. The highest BCUT2D eigenvalue weighted by Gasteiger charge is 2.19. The van der Waals surface area contributed by atoms with Crippen molar-refractivity contribution in [3.05, 3.63) is 36.4 Å². The first-order chi connectivity index (χ1) is 9.86. The predicted molar refractivity (Wildman–Crippen MR) is 88.3 cm³/mol. The zero-order chi connectivity index (χ0) is 15.6. The highest BCUT2D eigenvalue weighted by molar-refractivity contribution is 7.89. The molecule has 1 unspecified atom stereocenters. The summed E-state index contributed by atoms with van der Waals surface area (Å²) in [6, 6.07) is 11.1. The Morgan fingerprint density at radius 3 is 2.33 bits per heavy atom. The molecule has 1 atom stereocenters. The molecule has 0 spiro atoms. The molecule has 0 heterocycles. The van der Waals surface area contributed by atoms with Gasteiger partial charge in [-0.25, -0.2) is 13.1 Å². The quantitative estimate of drug-likeness (QED) is 0.924.